The van der Waals surface area contributed by atoms with Crippen molar-refractivity contribution >= 4 is 16.7 Å². The van der Waals surface area contributed by atoms with Crippen LogP contribution in [0.5, 0.6) is 0 Å². The van der Waals surface area contributed by atoms with Crippen LogP contribution in [0.15, 0.2) is 65.7 Å². The Labute approximate surface area is 162 Å². The number of rotatable bonds is 3. The second-order valence-corrected chi connectivity index (χ2v) is 7.16. The predicted molar refractivity (Wildman–Crippen MR) is 106 cm³/mol. The largest absolute Gasteiger partial charge is 0.360 e. The van der Waals surface area contributed by atoms with Gasteiger partial charge < -0.3 is 14.0 Å². The Balaban J connectivity index is 1.50. The molecule has 6 nitrogen and oxygen atoms in total. The van der Waals surface area contributed by atoms with Crippen molar-refractivity contribution in [3.8, 4) is 11.3 Å². The van der Waals surface area contributed by atoms with Crippen molar-refractivity contribution in [3.05, 3.63) is 72.5 Å². The summed E-state index contributed by atoms with van der Waals surface area (Å²) in [4.78, 5) is 19.0. The fourth-order valence-corrected chi connectivity index (χ4v) is 3.93. The molecule has 6 heteroatoms. The zero-order chi connectivity index (χ0) is 19.1. The fraction of sp³-hybridized carbons (Fsp3) is 0.227. The Kier molecular flexibility index (Phi) is 3.97. The van der Waals surface area contributed by atoms with Gasteiger partial charge in [-0.05, 0) is 17.7 Å². The van der Waals surface area contributed by atoms with Crippen LogP contribution >= 0.6 is 0 Å². The second-order valence-electron chi connectivity index (χ2n) is 7.16. The molecule has 0 saturated heterocycles. The molecule has 3 heterocycles. The van der Waals surface area contributed by atoms with E-state index in [1.54, 1.807) is 12.5 Å². The van der Waals surface area contributed by atoms with Gasteiger partial charge in [-0.15, -0.1) is 0 Å². The monoisotopic (exact) mass is 372 g/mol. The molecule has 2 aromatic heterocycles. The molecule has 28 heavy (non-hydrogen) atoms. The number of fused-ring (bicyclic) bond motifs is 2. The molecule has 2 aromatic carbocycles. The Hall–Kier alpha value is -3.41. The number of imidazole rings is 1. The van der Waals surface area contributed by atoms with Crippen molar-refractivity contribution in [2.75, 3.05) is 6.54 Å². The van der Waals surface area contributed by atoms with Gasteiger partial charge in [0.15, 0.2) is 0 Å². The summed E-state index contributed by atoms with van der Waals surface area (Å²) in [7, 11) is 0. The molecule has 1 amide bonds. The van der Waals surface area contributed by atoms with Crippen molar-refractivity contribution in [2.45, 2.75) is 25.9 Å². The zero-order valence-corrected chi connectivity index (χ0v) is 15.6. The Morgan fingerprint density at radius 1 is 1.18 bits per heavy atom. The van der Waals surface area contributed by atoms with Gasteiger partial charge in [-0.1, -0.05) is 47.6 Å². The summed E-state index contributed by atoms with van der Waals surface area (Å²) in [5, 5.41) is 6.68. The Morgan fingerprint density at radius 3 is 2.89 bits per heavy atom. The molecular weight excluding hydrogens is 352 g/mol. The van der Waals surface area contributed by atoms with Crippen LogP contribution in [0.25, 0.3) is 22.0 Å². The molecule has 4 aromatic rings. The van der Waals surface area contributed by atoms with E-state index in [0.717, 1.165) is 33.4 Å². The average Bonchev–Trinajstić information content (AvgIpc) is 3.42. The highest BCUT2D eigenvalue weighted by molar-refractivity contribution is 5.96. The van der Waals surface area contributed by atoms with Crippen LogP contribution < -0.4 is 0 Å². The van der Waals surface area contributed by atoms with E-state index in [-0.39, 0.29) is 11.9 Å². The summed E-state index contributed by atoms with van der Waals surface area (Å²) in [6, 6.07) is 14.1. The molecule has 0 unspecified atom stereocenters. The minimum atomic E-state index is -0.287. The number of amides is 1. The van der Waals surface area contributed by atoms with E-state index in [2.05, 4.69) is 34.4 Å². The fourth-order valence-electron chi connectivity index (χ4n) is 3.93. The number of benzene rings is 2. The molecule has 0 radical (unpaired) electrons. The van der Waals surface area contributed by atoms with E-state index in [1.807, 2.05) is 40.8 Å². The SMILES string of the molecule is C[C@@H](C(=O)N1CCc2onc(-c3cccc4ccccc34)c2C1)n1ccnc1. The summed E-state index contributed by atoms with van der Waals surface area (Å²) in [5.41, 5.74) is 2.88. The first kappa shape index (κ1) is 16.7. The van der Waals surface area contributed by atoms with E-state index >= 15 is 0 Å². The van der Waals surface area contributed by atoms with Crippen molar-refractivity contribution in [1.29, 1.82) is 0 Å². The second kappa shape index (κ2) is 6.64. The van der Waals surface area contributed by atoms with Crippen LogP contribution in [0.4, 0.5) is 0 Å². The van der Waals surface area contributed by atoms with Crippen molar-refractivity contribution in [2.24, 2.45) is 0 Å². The number of carbonyl (C=O) groups is 1. The maximum Gasteiger partial charge on any atom is 0.245 e. The highest BCUT2D eigenvalue weighted by Crippen LogP contribution is 2.34. The summed E-state index contributed by atoms with van der Waals surface area (Å²) >= 11 is 0. The molecule has 0 spiro atoms. The molecule has 0 N–H and O–H groups in total. The number of hydrogen-bond acceptors (Lipinski definition) is 4. The van der Waals surface area contributed by atoms with Gasteiger partial charge in [0.1, 0.15) is 17.5 Å². The summed E-state index contributed by atoms with van der Waals surface area (Å²) < 4.78 is 7.48. The first-order chi connectivity index (χ1) is 13.7. The normalized spacial score (nSPS) is 14.8. The van der Waals surface area contributed by atoms with Crippen LogP contribution in [-0.2, 0) is 17.8 Å². The standard InChI is InChI=1S/C22H20N4O2/c1-15(26-12-10-23-14-26)22(27)25-11-9-20-19(13-25)21(24-28-20)18-8-4-6-16-5-2-3-7-17(16)18/h2-8,10,12,14-15H,9,11,13H2,1H3/t15-/m0/s1. The molecule has 5 rings (SSSR count). The van der Waals surface area contributed by atoms with Crippen LogP contribution in [-0.4, -0.2) is 32.1 Å². The molecule has 1 aliphatic heterocycles. The van der Waals surface area contributed by atoms with Gasteiger partial charge in [0.2, 0.25) is 5.91 Å². The zero-order valence-electron chi connectivity index (χ0n) is 15.6. The van der Waals surface area contributed by atoms with E-state index < -0.39 is 0 Å². The first-order valence-electron chi connectivity index (χ1n) is 9.44. The minimum absolute atomic E-state index is 0.0775. The summed E-state index contributed by atoms with van der Waals surface area (Å²) in [6.07, 6.45) is 5.87. The lowest BCUT2D eigenvalue weighted by Crippen LogP contribution is -2.39. The molecule has 0 saturated carbocycles. The maximum atomic E-state index is 13.0. The lowest BCUT2D eigenvalue weighted by Gasteiger charge is -2.29. The first-order valence-corrected chi connectivity index (χ1v) is 9.44. The lowest BCUT2D eigenvalue weighted by atomic mass is 9.97. The average molecular weight is 372 g/mol. The van der Waals surface area contributed by atoms with Gasteiger partial charge in [0.25, 0.3) is 0 Å². The highest BCUT2D eigenvalue weighted by Gasteiger charge is 2.30. The molecule has 1 aliphatic rings. The predicted octanol–water partition coefficient (Wildman–Crippen LogP) is 3.84. The van der Waals surface area contributed by atoms with E-state index in [4.69, 9.17) is 4.52 Å². The summed E-state index contributed by atoms with van der Waals surface area (Å²) in [5.74, 6) is 0.955. The van der Waals surface area contributed by atoms with E-state index in [0.29, 0.717) is 19.5 Å². The molecular formula is C22H20N4O2. The third kappa shape index (κ3) is 2.69. The third-order valence-electron chi connectivity index (χ3n) is 5.51. The van der Waals surface area contributed by atoms with Crippen molar-refractivity contribution < 1.29 is 9.32 Å². The molecule has 0 aliphatic carbocycles. The van der Waals surface area contributed by atoms with E-state index in [1.165, 1.54) is 0 Å². The van der Waals surface area contributed by atoms with Gasteiger partial charge in [0, 0.05) is 36.5 Å². The Morgan fingerprint density at radius 2 is 2.04 bits per heavy atom. The minimum Gasteiger partial charge on any atom is -0.360 e. The van der Waals surface area contributed by atoms with E-state index in [9.17, 15) is 4.79 Å². The van der Waals surface area contributed by atoms with Gasteiger partial charge in [-0.25, -0.2) is 4.98 Å². The van der Waals surface area contributed by atoms with Crippen molar-refractivity contribution in [1.82, 2.24) is 19.6 Å². The summed E-state index contributed by atoms with van der Waals surface area (Å²) in [6.45, 7) is 3.04. The maximum absolute atomic E-state index is 13.0. The number of aromatic nitrogens is 3. The lowest BCUT2D eigenvalue weighted by molar-refractivity contribution is -0.135. The van der Waals surface area contributed by atoms with Crippen LogP contribution in [0.3, 0.4) is 0 Å². The van der Waals surface area contributed by atoms with Gasteiger partial charge in [0.05, 0.1) is 12.9 Å². The quantitative estimate of drug-likeness (QED) is 0.548. The molecule has 140 valence electrons. The van der Waals surface area contributed by atoms with Crippen LogP contribution in [0.1, 0.15) is 24.3 Å². The van der Waals surface area contributed by atoms with Crippen LogP contribution in [0, 0.1) is 0 Å². The van der Waals surface area contributed by atoms with Gasteiger partial charge in [-0.3, -0.25) is 4.79 Å². The Bertz CT molecular complexity index is 1140. The van der Waals surface area contributed by atoms with Gasteiger partial charge in [-0.2, -0.15) is 0 Å². The molecule has 0 fully saturated rings. The van der Waals surface area contributed by atoms with Gasteiger partial charge >= 0.3 is 0 Å². The molecule has 1 atom stereocenters. The van der Waals surface area contributed by atoms with Crippen molar-refractivity contribution in [3.63, 3.8) is 0 Å². The topological polar surface area (TPSA) is 64.2 Å². The third-order valence-corrected chi connectivity index (χ3v) is 5.51. The van der Waals surface area contributed by atoms with Crippen LogP contribution in [0.2, 0.25) is 0 Å². The highest BCUT2D eigenvalue weighted by atomic mass is 16.5. The number of carbonyl (C=O) groups excluding carboxylic acids is 1. The molecule has 0 bridgehead atoms. The number of hydrogen-bond donors (Lipinski definition) is 0. The smallest absolute Gasteiger partial charge is 0.245 e. The number of nitrogens with zero attached hydrogens (tertiary/aromatic N) is 4.